The topological polar surface area (TPSA) is 114 Å². The van der Waals surface area contributed by atoms with E-state index in [9.17, 15) is 17.6 Å². The lowest BCUT2D eigenvalue weighted by Gasteiger charge is -2.30. The fraction of sp³-hybridized carbons (Fsp3) is 0.316. The summed E-state index contributed by atoms with van der Waals surface area (Å²) in [5.41, 5.74) is 0.942. The van der Waals surface area contributed by atoms with Gasteiger partial charge in [0.05, 0.1) is 11.1 Å². The van der Waals surface area contributed by atoms with Gasteiger partial charge in [0.25, 0.3) is 0 Å². The minimum atomic E-state index is -3.52. The highest BCUT2D eigenvalue weighted by molar-refractivity contribution is 7.90. The monoisotopic (exact) mass is 434 g/mol. The van der Waals surface area contributed by atoms with Crippen molar-refractivity contribution < 1.29 is 27.4 Å². The zero-order valence-corrected chi connectivity index (χ0v) is 16.8. The smallest absolute Gasteiger partial charge is 0.407 e. The lowest BCUT2D eigenvalue weighted by atomic mass is 10.1. The number of ether oxygens (including phenoxy) is 1. The van der Waals surface area contributed by atoms with Gasteiger partial charge in [0.2, 0.25) is 5.88 Å². The normalized spacial score (nSPS) is 15.5. The van der Waals surface area contributed by atoms with Crippen molar-refractivity contribution in [2.75, 3.05) is 19.3 Å². The standard InChI is InChI=1S/C19H19FN4O5S/c1-30(27,28)13-2-3-14(16(20)10-13)15-11-22-24-17(4-7-21-18(15)24)29-12-5-8-23(9-6-12)19(25)26/h2-4,7,10-12H,5-6,8-9H2,1H3,(H,25,26). The molecule has 3 heterocycles. The van der Waals surface area contributed by atoms with Crippen LogP contribution < -0.4 is 4.74 Å². The molecule has 1 aromatic carbocycles. The molecule has 1 saturated heterocycles. The van der Waals surface area contributed by atoms with Gasteiger partial charge in [-0.05, 0) is 18.2 Å². The number of nitrogens with zero attached hydrogens (tertiary/aromatic N) is 4. The molecule has 1 aliphatic rings. The molecule has 0 unspecified atom stereocenters. The number of sulfone groups is 1. The van der Waals surface area contributed by atoms with Gasteiger partial charge in [-0.3, -0.25) is 0 Å². The average molecular weight is 434 g/mol. The molecular weight excluding hydrogens is 415 g/mol. The van der Waals surface area contributed by atoms with Crippen LogP contribution in [-0.4, -0.2) is 64.6 Å². The molecule has 0 saturated carbocycles. The molecular formula is C19H19FN4O5S. The second kappa shape index (κ2) is 7.56. The van der Waals surface area contributed by atoms with E-state index in [-0.39, 0.29) is 16.6 Å². The van der Waals surface area contributed by atoms with Crippen LogP contribution >= 0.6 is 0 Å². The Labute approximate surface area is 171 Å². The van der Waals surface area contributed by atoms with Crippen LogP contribution in [-0.2, 0) is 9.84 Å². The number of rotatable bonds is 4. The molecule has 4 rings (SSSR count). The highest BCUT2D eigenvalue weighted by Gasteiger charge is 2.24. The summed E-state index contributed by atoms with van der Waals surface area (Å²) in [4.78, 5) is 16.5. The maximum Gasteiger partial charge on any atom is 0.407 e. The molecule has 9 nitrogen and oxygen atoms in total. The molecule has 30 heavy (non-hydrogen) atoms. The Morgan fingerprint density at radius 1 is 1.23 bits per heavy atom. The number of halogens is 1. The fourth-order valence-electron chi connectivity index (χ4n) is 3.43. The van der Waals surface area contributed by atoms with Crippen molar-refractivity contribution in [2.24, 2.45) is 0 Å². The highest BCUT2D eigenvalue weighted by Crippen LogP contribution is 2.30. The zero-order chi connectivity index (χ0) is 21.5. The van der Waals surface area contributed by atoms with E-state index in [0.29, 0.717) is 43.0 Å². The number of benzene rings is 1. The molecule has 3 aromatic rings. The van der Waals surface area contributed by atoms with Crippen molar-refractivity contribution in [3.63, 3.8) is 0 Å². The van der Waals surface area contributed by atoms with Crippen molar-refractivity contribution in [1.29, 1.82) is 0 Å². The lowest BCUT2D eigenvalue weighted by molar-refractivity contribution is 0.0857. The van der Waals surface area contributed by atoms with Gasteiger partial charge in [-0.25, -0.2) is 22.6 Å². The zero-order valence-electron chi connectivity index (χ0n) is 16.0. The van der Waals surface area contributed by atoms with Crippen LogP contribution in [0.2, 0.25) is 0 Å². The van der Waals surface area contributed by atoms with Gasteiger partial charge < -0.3 is 14.7 Å². The Balaban J connectivity index is 1.62. The number of fused-ring (bicyclic) bond motifs is 1. The predicted octanol–water partition coefficient (Wildman–Crippen LogP) is 2.46. The van der Waals surface area contributed by atoms with Crippen molar-refractivity contribution in [2.45, 2.75) is 23.8 Å². The Morgan fingerprint density at radius 2 is 1.97 bits per heavy atom. The third kappa shape index (κ3) is 3.80. The summed E-state index contributed by atoms with van der Waals surface area (Å²) in [7, 11) is -3.52. The van der Waals surface area contributed by atoms with Gasteiger partial charge in [-0.15, -0.1) is 0 Å². The Hall–Kier alpha value is -3.21. The average Bonchev–Trinajstić information content (AvgIpc) is 3.12. The number of aromatic nitrogens is 3. The molecule has 158 valence electrons. The van der Waals surface area contributed by atoms with Gasteiger partial charge in [0.1, 0.15) is 11.9 Å². The SMILES string of the molecule is CS(=O)(=O)c1ccc(-c2cnn3c(OC4CCN(C(=O)O)CC4)ccnc23)c(F)c1. The summed E-state index contributed by atoms with van der Waals surface area (Å²) in [6.07, 6.45) is 3.96. The van der Waals surface area contributed by atoms with Crippen molar-refractivity contribution in [3.05, 3.63) is 42.5 Å². The Kier molecular flexibility index (Phi) is 5.06. The van der Waals surface area contributed by atoms with Crippen LogP contribution in [0.1, 0.15) is 12.8 Å². The molecule has 0 atom stereocenters. The molecule has 0 bridgehead atoms. The van der Waals surface area contributed by atoms with Crippen LogP contribution in [0.25, 0.3) is 16.8 Å². The molecule has 1 aliphatic heterocycles. The first kappa shape index (κ1) is 20.1. The van der Waals surface area contributed by atoms with E-state index in [1.807, 2.05) is 0 Å². The molecule has 11 heteroatoms. The maximum atomic E-state index is 14.6. The summed E-state index contributed by atoms with van der Waals surface area (Å²) in [5, 5.41) is 13.3. The molecule has 1 N–H and O–H groups in total. The third-order valence-electron chi connectivity index (χ3n) is 5.03. The van der Waals surface area contributed by atoms with E-state index < -0.39 is 21.7 Å². The van der Waals surface area contributed by atoms with Crippen LogP contribution in [0, 0.1) is 5.82 Å². The number of hydrogen-bond acceptors (Lipinski definition) is 6. The largest absolute Gasteiger partial charge is 0.474 e. The number of carboxylic acid groups (broad SMARTS) is 1. The van der Waals surface area contributed by atoms with E-state index in [1.54, 1.807) is 6.07 Å². The van der Waals surface area contributed by atoms with Gasteiger partial charge in [0, 0.05) is 55.6 Å². The first-order valence-corrected chi connectivity index (χ1v) is 11.1. The summed E-state index contributed by atoms with van der Waals surface area (Å²) < 4.78 is 45.4. The number of hydrogen-bond donors (Lipinski definition) is 1. The van der Waals surface area contributed by atoms with Crippen LogP contribution in [0.15, 0.2) is 41.6 Å². The van der Waals surface area contributed by atoms with E-state index >= 15 is 0 Å². The van der Waals surface area contributed by atoms with Crippen LogP contribution in [0.4, 0.5) is 9.18 Å². The highest BCUT2D eigenvalue weighted by atomic mass is 32.2. The minimum Gasteiger partial charge on any atom is -0.474 e. The maximum absolute atomic E-state index is 14.6. The van der Waals surface area contributed by atoms with Crippen LogP contribution in [0.3, 0.4) is 0 Å². The number of piperidine rings is 1. The number of carbonyl (C=O) groups is 1. The van der Waals surface area contributed by atoms with Crippen molar-refractivity contribution in [3.8, 4) is 17.0 Å². The van der Waals surface area contributed by atoms with Crippen LogP contribution in [0.5, 0.6) is 5.88 Å². The van der Waals surface area contributed by atoms with Gasteiger partial charge in [0.15, 0.2) is 15.5 Å². The summed E-state index contributed by atoms with van der Waals surface area (Å²) in [5.74, 6) is -0.282. The molecule has 2 aromatic heterocycles. The number of likely N-dealkylation sites (tertiary alicyclic amines) is 1. The Morgan fingerprint density at radius 3 is 2.60 bits per heavy atom. The molecule has 0 spiro atoms. The third-order valence-corrected chi connectivity index (χ3v) is 6.14. The fourth-order valence-corrected chi connectivity index (χ4v) is 4.06. The van der Waals surface area contributed by atoms with E-state index in [2.05, 4.69) is 10.1 Å². The van der Waals surface area contributed by atoms with Gasteiger partial charge >= 0.3 is 6.09 Å². The molecule has 1 amide bonds. The first-order chi connectivity index (χ1) is 14.2. The molecule has 0 radical (unpaired) electrons. The number of amides is 1. The summed E-state index contributed by atoms with van der Waals surface area (Å²) in [6, 6.07) is 5.34. The van der Waals surface area contributed by atoms with Gasteiger partial charge in [-0.1, -0.05) is 0 Å². The second-order valence-corrected chi connectivity index (χ2v) is 9.09. The van der Waals surface area contributed by atoms with E-state index in [0.717, 1.165) is 12.3 Å². The van der Waals surface area contributed by atoms with E-state index in [1.165, 1.54) is 33.9 Å². The van der Waals surface area contributed by atoms with E-state index in [4.69, 9.17) is 9.84 Å². The molecule has 1 fully saturated rings. The van der Waals surface area contributed by atoms with Crippen molar-refractivity contribution in [1.82, 2.24) is 19.5 Å². The Bertz CT molecular complexity index is 1220. The lowest BCUT2D eigenvalue weighted by Crippen LogP contribution is -2.41. The van der Waals surface area contributed by atoms with Gasteiger partial charge in [-0.2, -0.15) is 9.61 Å². The second-order valence-electron chi connectivity index (χ2n) is 7.08. The first-order valence-electron chi connectivity index (χ1n) is 9.21. The summed E-state index contributed by atoms with van der Waals surface area (Å²) >= 11 is 0. The quantitative estimate of drug-likeness (QED) is 0.671. The predicted molar refractivity (Wildman–Crippen MR) is 105 cm³/mol. The minimum absolute atomic E-state index is 0.107. The summed E-state index contributed by atoms with van der Waals surface area (Å²) in [6.45, 7) is 0.771. The van der Waals surface area contributed by atoms with Crippen molar-refractivity contribution >= 4 is 21.6 Å². The molecule has 0 aliphatic carbocycles.